The molecule has 2 atom stereocenters. The molecular formula is C17H18N4O4. The van der Waals surface area contributed by atoms with E-state index in [4.69, 9.17) is 13.7 Å². The molecule has 2 amide bonds. The Bertz CT molecular complexity index is 888. The Morgan fingerprint density at radius 1 is 1.32 bits per heavy atom. The van der Waals surface area contributed by atoms with Gasteiger partial charge in [-0.3, -0.25) is 0 Å². The van der Waals surface area contributed by atoms with Crippen molar-refractivity contribution in [2.45, 2.75) is 32.0 Å². The van der Waals surface area contributed by atoms with E-state index in [1.54, 1.807) is 19.3 Å². The fourth-order valence-corrected chi connectivity index (χ4v) is 2.90. The van der Waals surface area contributed by atoms with E-state index in [2.05, 4.69) is 20.8 Å². The predicted octanol–water partition coefficient (Wildman–Crippen LogP) is 3.17. The number of ether oxygens (including phenoxy) is 1. The van der Waals surface area contributed by atoms with Crippen molar-refractivity contribution < 1.29 is 18.5 Å². The molecule has 0 aliphatic carbocycles. The van der Waals surface area contributed by atoms with Crippen LogP contribution in [0, 0.1) is 6.92 Å². The lowest BCUT2D eigenvalue weighted by Crippen LogP contribution is -2.35. The Balaban J connectivity index is 1.27. The molecule has 3 heterocycles. The highest BCUT2D eigenvalue weighted by Gasteiger charge is 2.30. The van der Waals surface area contributed by atoms with Crippen molar-refractivity contribution in [3.63, 3.8) is 0 Å². The van der Waals surface area contributed by atoms with Gasteiger partial charge in [0.05, 0.1) is 12.4 Å². The normalized spacial score (nSPS) is 20.0. The van der Waals surface area contributed by atoms with Crippen LogP contribution in [0.15, 0.2) is 39.5 Å². The second-order valence-corrected chi connectivity index (χ2v) is 6.01. The standard InChI is InChI=1S/C17H18N4O4/c1-10-19-16(25-21-10)14-5-4-13(24-14)9-18-17(22)20-12-3-2-11-6-7-23-15(11)8-12/h2-3,6-8,13-14H,4-5,9H2,1H3,(H2,18,20,22)/t13-,14+/m1/s1. The molecule has 25 heavy (non-hydrogen) atoms. The molecular weight excluding hydrogens is 324 g/mol. The van der Waals surface area contributed by atoms with E-state index in [-0.39, 0.29) is 18.2 Å². The molecule has 0 spiro atoms. The number of benzene rings is 1. The van der Waals surface area contributed by atoms with Gasteiger partial charge in [-0.25, -0.2) is 4.79 Å². The molecule has 3 aromatic rings. The number of nitrogens with zero attached hydrogens (tertiary/aromatic N) is 2. The summed E-state index contributed by atoms with van der Waals surface area (Å²) in [5.74, 6) is 1.09. The van der Waals surface area contributed by atoms with Crippen LogP contribution in [0.1, 0.15) is 30.7 Å². The summed E-state index contributed by atoms with van der Waals surface area (Å²) in [4.78, 5) is 16.2. The highest BCUT2D eigenvalue weighted by atomic mass is 16.5. The lowest BCUT2D eigenvalue weighted by Gasteiger charge is -2.13. The van der Waals surface area contributed by atoms with Gasteiger partial charge in [0.1, 0.15) is 11.7 Å². The number of rotatable bonds is 4. The Labute approximate surface area is 143 Å². The van der Waals surface area contributed by atoms with Crippen LogP contribution >= 0.6 is 0 Å². The smallest absolute Gasteiger partial charge is 0.319 e. The molecule has 2 aromatic heterocycles. The van der Waals surface area contributed by atoms with Gasteiger partial charge in [0, 0.05) is 23.7 Å². The number of carbonyl (C=O) groups excluding carboxylic acids is 1. The number of hydrogen-bond donors (Lipinski definition) is 2. The average Bonchev–Trinajstić information content (AvgIpc) is 3.32. The van der Waals surface area contributed by atoms with E-state index >= 15 is 0 Å². The van der Waals surface area contributed by atoms with E-state index < -0.39 is 0 Å². The average molecular weight is 342 g/mol. The first kappa shape index (κ1) is 15.6. The minimum absolute atomic E-state index is 0.0736. The number of fused-ring (bicyclic) bond motifs is 1. The molecule has 8 heteroatoms. The summed E-state index contributed by atoms with van der Waals surface area (Å²) >= 11 is 0. The molecule has 4 rings (SSSR count). The summed E-state index contributed by atoms with van der Waals surface area (Å²) < 4.78 is 16.3. The van der Waals surface area contributed by atoms with Crippen LogP contribution in [0.3, 0.4) is 0 Å². The molecule has 1 aromatic carbocycles. The lowest BCUT2D eigenvalue weighted by molar-refractivity contribution is 0.0279. The zero-order chi connectivity index (χ0) is 17.2. The van der Waals surface area contributed by atoms with Crippen LogP contribution in [-0.2, 0) is 4.74 Å². The fraction of sp³-hybridized carbons (Fsp3) is 0.353. The number of aromatic nitrogens is 2. The number of carbonyl (C=O) groups is 1. The molecule has 1 aliphatic heterocycles. The summed E-state index contributed by atoms with van der Waals surface area (Å²) in [5, 5.41) is 10.4. The predicted molar refractivity (Wildman–Crippen MR) is 89.1 cm³/mol. The third-order valence-electron chi connectivity index (χ3n) is 4.13. The van der Waals surface area contributed by atoms with Crippen LogP contribution in [-0.4, -0.2) is 28.8 Å². The van der Waals surface area contributed by atoms with Gasteiger partial charge in [0.2, 0.25) is 0 Å². The van der Waals surface area contributed by atoms with Crippen molar-refractivity contribution in [1.82, 2.24) is 15.5 Å². The first-order valence-corrected chi connectivity index (χ1v) is 8.15. The zero-order valence-corrected chi connectivity index (χ0v) is 13.7. The van der Waals surface area contributed by atoms with Gasteiger partial charge in [-0.05, 0) is 38.0 Å². The quantitative estimate of drug-likeness (QED) is 0.755. The second-order valence-electron chi connectivity index (χ2n) is 6.01. The summed E-state index contributed by atoms with van der Waals surface area (Å²) in [6.07, 6.45) is 2.97. The van der Waals surface area contributed by atoms with Crippen LogP contribution in [0.4, 0.5) is 10.5 Å². The first-order chi connectivity index (χ1) is 12.2. The van der Waals surface area contributed by atoms with Gasteiger partial charge in [-0.2, -0.15) is 4.98 Å². The van der Waals surface area contributed by atoms with Gasteiger partial charge in [-0.1, -0.05) is 5.16 Å². The van der Waals surface area contributed by atoms with Gasteiger partial charge in [0.15, 0.2) is 5.82 Å². The summed E-state index contributed by atoms with van der Waals surface area (Å²) in [6, 6.07) is 7.10. The van der Waals surface area contributed by atoms with Crippen LogP contribution in [0.2, 0.25) is 0 Å². The monoisotopic (exact) mass is 342 g/mol. The first-order valence-electron chi connectivity index (χ1n) is 8.15. The maximum atomic E-state index is 12.0. The highest BCUT2D eigenvalue weighted by Crippen LogP contribution is 2.31. The number of amides is 2. The Kier molecular flexibility index (Phi) is 4.10. The SMILES string of the molecule is Cc1noc([C@@H]2CC[C@H](CNC(=O)Nc3ccc4ccoc4c3)O2)n1. The van der Waals surface area contributed by atoms with Crippen molar-refractivity contribution in [2.75, 3.05) is 11.9 Å². The molecule has 1 fully saturated rings. The Morgan fingerprint density at radius 3 is 3.08 bits per heavy atom. The molecule has 8 nitrogen and oxygen atoms in total. The van der Waals surface area contributed by atoms with Gasteiger partial charge in [0.25, 0.3) is 5.89 Å². The third kappa shape index (κ3) is 3.48. The lowest BCUT2D eigenvalue weighted by atomic mass is 10.2. The van der Waals surface area contributed by atoms with Gasteiger partial charge < -0.3 is 24.3 Å². The molecule has 0 unspecified atom stereocenters. The van der Waals surface area contributed by atoms with E-state index in [0.29, 0.717) is 23.9 Å². The van der Waals surface area contributed by atoms with Crippen LogP contribution < -0.4 is 10.6 Å². The summed E-state index contributed by atoms with van der Waals surface area (Å²) in [6.45, 7) is 2.18. The number of aryl methyl sites for hydroxylation is 1. The molecule has 0 saturated carbocycles. The molecule has 130 valence electrons. The van der Waals surface area contributed by atoms with Crippen molar-refractivity contribution in [2.24, 2.45) is 0 Å². The minimum atomic E-state index is -0.286. The van der Waals surface area contributed by atoms with Crippen LogP contribution in [0.25, 0.3) is 11.0 Å². The topological polar surface area (TPSA) is 102 Å². The van der Waals surface area contributed by atoms with E-state index in [9.17, 15) is 4.79 Å². The fourth-order valence-electron chi connectivity index (χ4n) is 2.90. The molecule has 0 bridgehead atoms. The highest BCUT2D eigenvalue weighted by molar-refractivity contribution is 5.92. The van der Waals surface area contributed by atoms with E-state index in [1.165, 1.54) is 0 Å². The Morgan fingerprint density at radius 2 is 2.24 bits per heavy atom. The third-order valence-corrected chi connectivity index (χ3v) is 4.13. The molecule has 0 radical (unpaired) electrons. The zero-order valence-electron chi connectivity index (χ0n) is 13.7. The van der Waals surface area contributed by atoms with E-state index in [1.807, 2.05) is 18.2 Å². The number of nitrogens with one attached hydrogen (secondary N) is 2. The van der Waals surface area contributed by atoms with Crippen LogP contribution in [0.5, 0.6) is 0 Å². The summed E-state index contributed by atoms with van der Waals surface area (Å²) in [5.41, 5.74) is 1.40. The summed E-state index contributed by atoms with van der Waals surface area (Å²) in [7, 11) is 0. The molecule has 1 aliphatic rings. The number of anilines is 1. The maximum absolute atomic E-state index is 12.0. The Hall–Kier alpha value is -2.87. The van der Waals surface area contributed by atoms with Crippen molar-refractivity contribution in [3.8, 4) is 0 Å². The van der Waals surface area contributed by atoms with Crippen molar-refractivity contribution >= 4 is 22.7 Å². The minimum Gasteiger partial charge on any atom is -0.464 e. The van der Waals surface area contributed by atoms with Gasteiger partial charge in [-0.15, -0.1) is 0 Å². The van der Waals surface area contributed by atoms with Gasteiger partial charge >= 0.3 is 6.03 Å². The van der Waals surface area contributed by atoms with E-state index in [0.717, 1.165) is 23.8 Å². The number of urea groups is 1. The number of hydrogen-bond acceptors (Lipinski definition) is 6. The second kappa shape index (κ2) is 6.56. The molecule has 2 N–H and O–H groups in total. The number of furan rings is 1. The van der Waals surface area contributed by atoms with Crippen molar-refractivity contribution in [1.29, 1.82) is 0 Å². The molecule has 1 saturated heterocycles. The largest absolute Gasteiger partial charge is 0.464 e. The van der Waals surface area contributed by atoms with Crippen molar-refractivity contribution in [3.05, 3.63) is 42.2 Å². The maximum Gasteiger partial charge on any atom is 0.319 e.